The topological polar surface area (TPSA) is 118 Å². The Kier molecular flexibility index (Phi) is 7.46. The van der Waals surface area contributed by atoms with Crippen LogP contribution in [0.5, 0.6) is 11.5 Å². The van der Waals surface area contributed by atoms with E-state index in [9.17, 15) is 4.79 Å². The number of fused-ring (bicyclic) bond motifs is 1. The third-order valence-electron chi connectivity index (χ3n) is 4.99. The van der Waals surface area contributed by atoms with Gasteiger partial charge in [0.05, 0.1) is 23.1 Å². The van der Waals surface area contributed by atoms with E-state index in [4.69, 9.17) is 14.6 Å². The van der Waals surface area contributed by atoms with E-state index in [2.05, 4.69) is 25.6 Å². The van der Waals surface area contributed by atoms with Gasteiger partial charge < -0.3 is 25.2 Å². The van der Waals surface area contributed by atoms with Crippen LogP contribution in [0.3, 0.4) is 0 Å². The van der Waals surface area contributed by atoms with Gasteiger partial charge in [-0.1, -0.05) is 12.1 Å². The largest absolute Gasteiger partial charge is 0.491 e. The Morgan fingerprint density at radius 2 is 1.91 bits per heavy atom. The number of anilines is 2. The Morgan fingerprint density at radius 1 is 1.00 bits per heavy atom. The van der Waals surface area contributed by atoms with E-state index in [1.54, 1.807) is 6.20 Å². The third kappa shape index (κ3) is 5.76. The predicted octanol–water partition coefficient (Wildman–Crippen LogP) is 3.14. The van der Waals surface area contributed by atoms with Gasteiger partial charge in [-0.2, -0.15) is 0 Å². The Hall–Kier alpha value is -4.24. The lowest BCUT2D eigenvalue weighted by molar-refractivity contribution is -0.123. The first-order valence-electron chi connectivity index (χ1n) is 10.8. The molecule has 3 N–H and O–H groups in total. The number of carbonyl (C=O) groups excluding carboxylic acids is 1. The van der Waals surface area contributed by atoms with Crippen molar-refractivity contribution in [3.05, 3.63) is 78.4 Å². The van der Waals surface area contributed by atoms with Gasteiger partial charge in [-0.25, -0.2) is 9.97 Å². The maximum atomic E-state index is 11.2. The molecule has 9 heteroatoms. The molecule has 2 heterocycles. The minimum atomic E-state index is -0.553. The Morgan fingerprint density at radius 3 is 2.71 bits per heavy atom. The van der Waals surface area contributed by atoms with Gasteiger partial charge in [-0.05, 0) is 55.0 Å². The van der Waals surface area contributed by atoms with Crippen molar-refractivity contribution in [3.8, 4) is 11.5 Å². The van der Waals surface area contributed by atoms with E-state index < -0.39 is 12.5 Å². The van der Waals surface area contributed by atoms with Crippen LogP contribution in [0, 0.1) is 6.92 Å². The van der Waals surface area contributed by atoms with Crippen LogP contribution in [-0.2, 0) is 11.4 Å². The van der Waals surface area contributed by atoms with Crippen LogP contribution in [0.4, 0.5) is 11.5 Å². The molecule has 9 nitrogen and oxygen atoms in total. The number of carbonyl (C=O) groups is 1. The third-order valence-corrected chi connectivity index (χ3v) is 4.99. The maximum absolute atomic E-state index is 11.2. The number of nitrogens with one attached hydrogen (secondary N) is 2. The normalized spacial score (nSPS) is 10.6. The van der Waals surface area contributed by atoms with Crippen LogP contribution in [0.15, 0.2) is 67.1 Å². The summed E-state index contributed by atoms with van der Waals surface area (Å²) in [5.41, 5.74) is 3.39. The summed E-state index contributed by atoms with van der Waals surface area (Å²) in [6.45, 7) is 2.32. The first-order chi connectivity index (χ1) is 16.6. The molecule has 4 aromatic rings. The molecule has 2 aromatic heterocycles. The summed E-state index contributed by atoms with van der Waals surface area (Å²) in [5.74, 6) is 1.51. The zero-order valence-electron chi connectivity index (χ0n) is 18.7. The lowest BCUT2D eigenvalue weighted by Crippen LogP contribution is -2.30. The standard InChI is InChI=1S/C25H25N5O4/c1-17-13-18(8-9-21(17)34-15-19-5-2-3-10-26-19)30-25-24-20(28-16-29-25)6-4-7-22(24)33-12-11-27-23(32)14-31/h2-10,13,16,31H,11-12,14-15H2,1H3,(H,27,32)(H,28,29,30). The molecule has 34 heavy (non-hydrogen) atoms. The number of aryl methyl sites for hydroxylation is 1. The SMILES string of the molecule is Cc1cc(Nc2ncnc3cccc(OCCNC(=O)CO)c23)ccc1OCc1ccccn1. The maximum Gasteiger partial charge on any atom is 0.245 e. The zero-order valence-corrected chi connectivity index (χ0v) is 18.7. The van der Waals surface area contributed by atoms with Crippen molar-refractivity contribution in [3.63, 3.8) is 0 Å². The van der Waals surface area contributed by atoms with Crippen molar-refractivity contribution in [2.75, 3.05) is 25.1 Å². The number of amides is 1. The molecule has 0 spiro atoms. The molecule has 0 atom stereocenters. The van der Waals surface area contributed by atoms with Crippen molar-refractivity contribution < 1.29 is 19.4 Å². The average molecular weight is 460 g/mol. The van der Waals surface area contributed by atoms with Gasteiger partial charge in [0, 0.05) is 11.9 Å². The average Bonchev–Trinajstić information content (AvgIpc) is 2.86. The first-order valence-corrected chi connectivity index (χ1v) is 10.8. The summed E-state index contributed by atoms with van der Waals surface area (Å²) in [5, 5.41) is 15.4. The van der Waals surface area contributed by atoms with Gasteiger partial charge in [-0.3, -0.25) is 9.78 Å². The van der Waals surface area contributed by atoms with Gasteiger partial charge in [0.15, 0.2) is 0 Å². The molecule has 0 bridgehead atoms. The lowest BCUT2D eigenvalue weighted by atomic mass is 10.1. The first kappa shape index (κ1) is 22.9. The van der Waals surface area contributed by atoms with Gasteiger partial charge in [0.2, 0.25) is 5.91 Å². The van der Waals surface area contributed by atoms with Gasteiger partial charge in [0.1, 0.15) is 43.5 Å². The Bertz CT molecular complexity index is 1260. The second-order valence-corrected chi connectivity index (χ2v) is 7.44. The smallest absolute Gasteiger partial charge is 0.245 e. The van der Waals surface area contributed by atoms with Crippen LogP contribution in [0.2, 0.25) is 0 Å². The highest BCUT2D eigenvalue weighted by Gasteiger charge is 2.12. The summed E-state index contributed by atoms with van der Waals surface area (Å²) in [6, 6.07) is 17.1. The molecule has 0 radical (unpaired) electrons. The van der Waals surface area contributed by atoms with Crippen LogP contribution in [-0.4, -0.2) is 45.7 Å². The molecule has 0 saturated carbocycles. The number of benzene rings is 2. The van der Waals surface area contributed by atoms with E-state index in [-0.39, 0.29) is 13.2 Å². The second-order valence-electron chi connectivity index (χ2n) is 7.44. The summed E-state index contributed by atoms with van der Waals surface area (Å²) < 4.78 is 11.8. The highest BCUT2D eigenvalue weighted by Crippen LogP contribution is 2.32. The minimum Gasteiger partial charge on any atom is -0.491 e. The molecule has 0 saturated heterocycles. The molecule has 0 fully saturated rings. The second kappa shape index (κ2) is 11.1. The molecular formula is C25H25N5O4. The summed E-state index contributed by atoms with van der Waals surface area (Å²) in [6.07, 6.45) is 3.24. The number of nitrogens with zero attached hydrogens (tertiary/aromatic N) is 3. The number of hydrogen-bond donors (Lipinski definition) is 3. The number of rotatable bonds is 10. The summed E-state index contributed by atoms with van der Waals surface area (Å²) in [7, 11) is 0. The quantitative estimate of drug-likeness (QED) is 0.310. The minimum absolute atomic E-state index is 0.237. The summed E-state index contributed by atoms with van der Waals surface area (Å²) >= 11 is 0. The highest BCUT2D eigenvalue weighted by molar-refractivity contribution is 5.95. The number of aromatic nitrogens is 3. The molecular weight excluding hydrogens is 434 g/mol. The molecule has 0 aliphatic carbocycles. The fourth-order valence-electron chi connectivity index (χ4n) is 3.36. The Labute approximate surface area is 196 Å². The van der Waals surface area contributed by atoms with Crippen molar-refractivity contribution in [2.45, 2.75) is 13.5 Å². The highest BCUT2D eigenvalue weighted by atomic mass is 16.5. The van der Waals surface area contributed by atoms with E-state index >= 15 is 0 Å². The Balaban J connectivity index is 1.49. The van der Waals surface area contributed by atoms with Crippen molar-refractivity contribution in [1.29, 1.82) is 0 Å². The number of pyridine rings is 1. The molecule has 174 valence electrons. The van der Waals surface area contributed by atoms with Crippen molar-refractivity contribution in [1.82, 2.24) is 20.3 Å². The number of hydrogen-bond acceptors (Lipinski definition) is 8. The molecule has 2 aromatic carbocycles. The molecule has 4 rings (SSSR count). The monoisotopic (exact) mass is 459 g/mol. The lowest BCUT2D eigenvalue weighted by Gasteiger charge is -2.14. The van der Waals surface area contributed by atoms with Crippen LogP contribution in [0.1, 0.15) is 11.3 Å². The molecule has 1 amide bonds. The van der Waals surface area contributed by atoms with Crippen LogP contribution >= 0.6 is 0 Å². The fraction of sp³-hybridized carbons (Fsp3) is 0.200. The fourth-order valence-corrected chi connectivity index (χ4v) is 3.36. The van der Waals surface area contributed by atoms with Crippen LogP contribution < -0.4 is 20.1 Å². The van der Waals surface area contributed by atoms with E-state index in [1.807, 2.05) is 61.5 Å². The predicted molar refractivity (Wildman–Crippen MR) is 128 cm³/mol. The van der Waals surface area contributed by atoms with Crippen molar-refractivity contribution >= 4 is 28.3 Å². The summed E-state index contributed by atoms with van der Waals surface area (Å²) in [4.78, 5) is 24.2. The molecule has 0 aliphatic heterocycles. The van der Waals surface area contributed by atoms with E-state index in [0.717, 1.165) is 33.6 Å². The zero-order chi connectivity index (χ0) is 23.8. The van der Waals surface area contributed by atoms with Crippen LogP contribution in [0.25, 0.3) is 10.9 Å². The van der Waals surface area contributed by atoms with E-state index in [0.29, 0.717) is 18.2 Å². The van der Waals surface area contributed by atoms with Gasteiger partial charge >= 0.3 is 0 Å². The van der Waals surface area contributed by atoms with E-state index in [1.165, 1.54) is 6.33 Å². The van der Waals surface area contributed by atoms with Crippen molar-refractivity contribution in [2.24, 2.45) is 0 Å². The number of aliphatic hydroxyl groups excluding tert-OH is 1. The number of ether oxygens (including phenoxy) is 2. The van der Waals surface area contributed by atoms with Gasteiger partial charge in [0.25, 0.3) is 0 Å². The molecule has 0 aliphatic rings. The number of aliphatic hydroxyl groups is 1. The molecule has 0 unspecified atom stereocenters. The van der Waals surface area contributed by atoms with Gasteiger partial charge in [-0.15, -0.1) is 0 Å².